The molecule has 0 amide bonds. The summed E-state index contributed by atoms with van der Waals surface area (Å²) >= 11 is 0. The van der Waals surface area contributed by atoms with E-state index in [1.807, 2.05) is 0 Å². The van der Waals surface area contributed by atoms with E-state index in [0.29, 0.717) is 0 Å². The molecule has 1 heteroatoms. The number of fused-ring (bicyclic) bond motifs is 1. The molecule has 0 heterocycles. The van der Waals surface area contributed by atoms with E-state index < -0.39 is 0 Å². The second kappa shape index (κ2) is 3.51. The molecule has 0 bridgehead atoms. The van der Waals surface area contributed by atoms with Crippen LogP contribution in [-0.4, -0.2) is 0 Å². The highest BCUT2D eigenvalue weighted by Crippen LogP contribution is 2.37. The molecule has 13 heavy (non-hydrogen) atoms. The first-order valence-electron chi connectivity index (χ1n) is 5.17. The Bertz CT molecular complexity index is 293. The van der Waals surface area contributed by atoms with Crippen LogP contribution in [0.4, 0.5) is 0 Å². The zero-order chi connectivity index (χ0) is 9.26. The average Bonchev–Trinajstić information content (AvgIpc) is 2.19. The predicted molar refractivity (Wildman–Crippen MR) is 55.6 cm³/mol. The number of nitrogens with two attached hydrogens (primary N) is 1. The van der Waals surface area contributed by atoms with E-state index in [4.69, 9.17) is 5.73 Å². The normalized spacial score (nSPS) is 26.9. The molecule has 2 atom stereocenters. The van der Waals surface area contributed by atoms with Crippen molar-refractivity contribution in [2.75, 3.05) is 0 Å². The number of benzene rings is 1. The van der Waals surface area contributed by atoms with Gasteiger partial charge in [-0.2, -0.15) is 0 Å². The van der Waals surface area contributed by atoms with Gasteiger partial charge in [0.25, 0.3) is 0 Å². The van der Waals surface area contributed by atoms with Crippen molar-refractivity contribution < 1.29 is 0 Å². The summed E-state index contributed by atoms with van der Waals surface area (Å²) in [6, 6.07) is 8.92. The fourth-order valence-corrected chi connectivity index (χ4v) is 2.34. The molecular formula is C12H17N. The van der Waals surface area contributed by atoms with E-state index in [-0.39, 0.29) is 6.04 Å². The van der Waals surface area contributed by atoms with Crippen LogP contribution < -0.4 is 5.73 Å². The van der Waals surface area contributed by atoms with Gasteiger partial charge in [0.2, 0.25) is 0 Å². The molecule has 0 spiro atoms. The summed E-state index contributed by atoms with van der Waals surface area (Å²) in [5, 5.41) is 0. The van der Waals surface area contributed by atoms with Crippen LogP contribution in [0.25, 0.3) is 0 Å². The van der Waals surface area contributed by atoms with Gasteiger partial charge in [0.1, 0.15) is 0 Å². The molecule has 2 rings (SSSR count). The first-order valence-corrected chi connectivity index (χ1v) is 5.17. The van der Waals surface area contributed by atoms with Crippen molar-refractivity contribution in [3.63, 3.8) is 0 Å². The summed E-state index contributed by atoms with van der Waals surface area (Å²) < 4.78 is 0. The lowest BCUT2D eigenvalue weighted by Crippen LogP contribution is -2.19. The van der Waals surface area contributed by atoms with Gasteiger partial charge in [0.05, 0.1) is 0 Å². The third-order valence-corrected chi connectivity index (χ3v) is 3.15. The zero-order valence-electron chi connectivity index (χ0n) is 8.16. The maximum atomic E-state index is 6.06. The molecule has 1 aromatic rings. The summed E-state index contributed by atoms with van der Waals surface area (Å²) in [4.78, 5) is 0. The van der Waals surface area contributed by atoms with Gasteiger partial charge >= 0.3 is 0 Å². The van der Waals surface area contributed by atoms with Crippen molar-refractivity contribution in [1.82, 2.24) is 0 Å². The lowest BCUT2D eigenvalue weighted by Gasteiger charge is -2.28. The summed E-state index contributed by atoms with van der Waals surface area (Å²) in [7, 11) is 0. The second-order valence-electron chi connectivity index (χ2n) is 3.92. The Morgan fingerprint density at radius 2 is 1.92 bits per heavy atom. The van der Waals surface area contributed by atoms with Crippen LogP contribution in [0, 0.1) is 0 Å². The largest absolute Gasteiger partial charge is 0.324 e. The molecule has 1 aliphatic carbocycles. The lowest BCUT2D eigenvalue weighted by atomic mass is 9.79. The fourth-order valence-electron chi connectivity index (χ4n) is 2.34. The van der Waals surface area contributed by atoms with Gasteiger partial charge in [-0.25, -0.2) is 0 Å². The van der Waals surface area contributed by atoms with Gasteiger partial charge in [-0.05, 0) is 36.3 Å². The Morgan fingerprint density at radius 1 is 1.23 bits per heavy atom. The molecule has 1 aliphatic rings. The second-order valence-corrected chi connectivity index (χ2v) is 3.92. The Balaban J connectivity index is 2.42. The van der Waals surface area contributed by atoms with Crippen LogP contribution in [0.3, 0.4) is 0 Å². The fraction of sp³-hybridized carbons (Fsp3) is 0.500. The van der Waals surface area contributed by atoms with Gasteiger partial charge < -0.3 is 5.73 Å². The molecule has 70 valence electrons. The van der Waals surface area contributed by atoms with Crippen molar-refractivity contribution >= 4 is 0 Å². The molecule has 2 N–H and O–H groups in total. The Labute approximate surface area is 80.0 Å². The molecular weight excluding hydrogens is 158 g/mol. The number of hydrogen-bond acceptors (Lipinski definition) is 1. The van der Waals surface area contributed by atoms with Gasteiger partial charge in [-0.15, -0.1) is 0 Å². The van der Waals surface area contributed by atoms with E-state index in [2.05, 4.69) is 31.2 Å². The Morgan fingerprint density at radius 3 is 2.62 bits per heavy atom. The predicted octanol–water partition coefficient (Wildman–Crippen LogP) is 2.97. The zero-order valence-corrected chi connectivity index (χ0v) is 8.16. The summed E-state index contributed by atoms with van der Waals surface area (Å²) in [5.41, 5.74) is 8.93. The van der Waals surface area contributed by atoms with E-state index in [1.54, 1.807) is 0 Å². The van der Waals surface area contributed by atoms with Gasteiger partial charge in [0.15, 0.2) is 0 Å². The minimum absolute atomic E-state index is 0.277. The molecule has 0 aliphatic heterocycles. The van der Waals surface area contributed by atoms with Crippen LogP contribution in [-0.2, 0) is 0 Å². The van der Waals surface area contributed by atoms with Crippen LogP contribution in [0.15, 0.2) is 24.3 Å². The minimum atomic E-state index is 0.277. The first-order chi connectivity index (χ1) is 6.33. The number of rotatable bonds is 1. The quantitative estimate of drug-likeness (QED) is 0.697. The molecule has 1 nitrogen and oxygen atoms in total. The summed E-state index contributed by atoms with van der Waals surface area (Å²) in [6.45, 7) is 2.26. The van der Waals surface area contributed by atoms with E-state index >= 15 is 0 Å². The van der Waals surface area contributed by atoms with Crippen LogP contribution in [0.5, 0.6) is 0 Å². The third-order valence-electron chi connectivity index (χ3n) is 3.15. The van der Waals surface area contributed by atoms with Crippen molar-refractivity contribution in [3.05, 3.63) is 35.4 Å². The third kappa shape index (κ3) is 1.49. The number of hydrogen-bond donors (Lipinski definition) is 1. The molecule has 0 aromatic heterocycles. The highest BCUT2D eigenvalue weighted by molar-refractivity contribution is 5.34. The van der Waals surface area contributed by atoms with Crippen molar-refractivity contribution in [3.8, 4) is 0 Å². The summed E-state index contributed by atoms with van der Waals surface area (Å²) in [5.74, 6) is 0.746. The standard InChI is InChI=1S/C12H17N/c1-2-9-7-8-12(13)11-6-4-3-5-10(9)11/h3-6,9,12H,2,7-8,13H2,1H3/t9-,12-/m0/s1. The van der Waals surface area contributed by atoms with E-state index in [9.17, 15) is 0 Å². The average molecular weight is 175 g/mol. The summed E-state index contributed by atoms with van der Waals surface area (Å²) in [6.07, 6.45) is 3.65. The van der Waals surface area contributed by atoms with E-state index in [0.717, 1.165) is 12.3 Å². The maximum Gasteiger partial charge on any atom is 0.0297 e. The van der Waals surface area contributed by atoms with Gasteiger partial charge in [0, 0.05) is 6.04 Å². The minimum Gasteiger partial charge on any atom is -0.324 e. The van der Waals surface area contributed by atoms with Gasteiger partial charge in [-0.3, -0.25) is 0 Å². The molecule has 0 saturated heterocycles. The smallest absolute Gasteiger partial charge is 0.0297 e. The highest BCUT2D eigenvalue weighted by Gasteiger charge is 2.22. The molecule has 0 saturated carbocycles. The molecule has 0 unspecified atom stereocenters. The van der Waals surface area contributed by atoms with Crippen LogP contribution >= 0.6 is 0 Å². The molecule has 1 aromatic carbocycles. The Hall–Kier alpha value is -0.820. The van der Waals surface area contributed by atoms with Crippen molar-refractivity contribution in [2.24, 2.45) is 5.73 Å². The topological polar surface area (TPSA) is 26.0 Å². The lowest BCUT2D eigenvalue weighted by molar-refractivity contribution is 0.482. The van der Waals surface area contributed by atoms with Crippen molar-refractivity contribution in [2.45, 2.75) is 38.1 Å². The first kappa shape index (κ1) is 8.76. The van der Waals surface area contributed by atoms with E-state index in [1.165, 1.54) is 24.0 Å². The highest BCUT2D eigenvalue weighted by atomic mass is 14.6. The monoisotopic (exact) mass is 175 g/mol. The van der Waals surface area contributed by atoms with Gasteiger partial charge in [-0.1, -0.05) is 31.2 Å². The van der Waals surface area contributed by atoms with Crippen LogP contribution in [0.1, 0.15) is 49.3 Å². The Kier molecular flexibility index (Phi) is 2.36. The van der Waals surface area contributed by atoms with Crippen LogP contribution in [0.2, 0.25) is 0 Å². The van der Waals surface area contributed by atoms with Crippen molar-refractivity contribution in [1.29, 1.82) is 0 Å². The molecule has 0 fully saturated rings. The SMILES string of the molecule is CC[C@H]1CC[C@H](N)c2ccccc21. The molecule has 0 radical (unpaired) electrons. The maximum absolute atomic E-state index is 6.06.